The van der Waals surface area contributed by atoms with E-state index in [1.54, 1.807) is 23.5 Å². The lowest BCUT2D eigenvalue weighted by molar-refractivity contribution is 0.0935. The summed E-state index contributed by atoms with van der Waals surface area (Å²) in [6, 6.07) is 9.48. The van der Waals surface area contributed by atoms with E-state index in [1.807, 2.05) is 24.4 Å². The molecule has 100 valence electrons. The number of hydrogen-bond donors (Lipinski definition) is 2. The van der Waals surface area contributed by atoms with Crippen molar-refractivity contribution in [1.82, 2.24) is 5.32 Å². The van der Waals surface area contributed by atoms with Gasteiger partial charge in [0.2, 0.25) is 0 Å². The third-order valence-electron chi connectivity index (χ3n) is 3.10. The van der Waals surface area contributed by atoms with E-state index in [1.165, 1.54) is 4.88 Å². The third-order valence-corrected chi connectivity index (χ3v) is 4.08. The van der Waals surface area contributed by atoms with Crippen LogP contribution in [0.25, 0.3) is 0 Å². The maximum Gasteiger partial charge on any atom is 0.252 e. The van der Waals surface area contributed by atoms with E-state index in [4.69, 9.17) is 5.73 Å². The molecule has 0 aliphatic heterocycles. The standard InChI is InChI=1S/C15H18N2OS/c1-3-13(14-5-4-8-19-14)17-15(18)12-7-6-11(16)9-10(12)2/h4-9,13H,3,16H2,1-2H3,(H,17,18). The van der Waals surface area contributed by atoms with Gasteiger partial charge < -0.3 is 11.1 Å². The van der Waals surface area contributed by atoms with Crippen LogP contribution in [0.4, 0.5) is 5.69 Å². The van der Waals surface area contributed by atoms with Gasteiger partial charge in [-0.05, 0) is 48.6 Å². The van der Waals surface area contributed by atoms with Crippen LogP contribution in [0.5, 0.6) is 0 Å². The predicted molar refractivity (Wildman–Crippen MR) is 80.4 cm³/mol. The van der Waals surface area contributed by atoms with E-state index < -0.39 is 0 Å². The molecule has 0 aliphatic carbocycles. The smallest absolute Gasteiger partial charge is 0.252 e. The first-order valence-electron chi connectivity index (χ1n) is 6.32. The zero-order valence-electron chi connectivity index (χ0n) is 11.1. The van der Waals surface area contributed by atoms with Gasteiger partial charge in [0.25, 0.3) is 5.91 Å². The molecule has 3 N–H and O–H groups in total. The third kappa shape index (κ3) is 3.15. The molecule has 0 saturated heterocycles. The van der Waals surface area contributed by atoms with Crippen molar-refractivity contribution < 1.29 is 4.79 Å². The molecule has 1 amide bonds. The Morgan fingerprint density at radius 2 is 2.21 bits per heavy atom. The summed E-state index contributed by atoms with van der Waals surface area (Å²) >= 11 is 1.66. The van der Waals surface area contributed by atoms with Crippen LogP contribution in [0.1, 0.15) is 40.2 Å². The van der Waals surface area contributed by atoms with Crippen LogP contribution < -0.4 is 11.1 Å². The van der Waals surface area contributed by atoms with Crippen molar-refractivity contribution in [2.24, 2.45) is 0 Å². The second-order valence-corrected chi connectivity index (χ2v) is 5.50. The highest BCUT2D eigenvalue weighted by Crippen LogP contribution is 2.22. The van der Waals surface area contributed by atoms with Gasteiger partial charge in [-0.1, -0.05) is 13.0 Å². The summed E-state index contributed by atoms with van der Waals surface area (Å²) in [5, 5.41) is 5.10. The number of hydrogen-bond acceptors (Lipinski definition) is 3. The molecule has 0 fully saturated rings. The minimum absolute atomic E-state index is 0.0437. The van der Waals surface area contributed by atoms with Gasteiger partial charge in [-0.25, -0.2) is 0 Å². The molecule has 0 bridgehead atoms. The van der Waals surface area contributed by atoms with Gasteiger partial charge in [0.1, 0.15) is 0 Å². The number of aryl methyl sites for hydroxylation is 1. The van der Waals surface area contributed by atoms with Crippen molar-refractivity contribution in [1.29, 1.82) is 0 Å². The predicted octanol–water partition coefficient (Wildman–Crippen LogP) is 3.52. The Morgan fingerprint density at radius 3 is 2.79 bits per heavy atom. The largest absolute Gasteiger partial charge is 0.399 e. The van der Waals surface area contributed by atoms with Gasteiger partial charge >= 0.3 is 0 Å². The van der Waals surface area contributed by atoms with Crippen molar-refractivity contribution in [2.75, 3.05) is 5.73 Å². The monoisotopic (exact) mass is 274 g/mol. The van der Waals surface area contributed by atoms with Crippen molar-refractivity contribution in [3.63, 3.8) is 0 Å². The Balaban J connectivity index is 2.16. The molecular weight excluding hydrogens is 256 g/mol. The van der Waals surface area contributed by atoms with Gasteiger partial charge in [-0.3, -0.25) is 4.79 Å². The number of rotatable bonds is 4. The summed E-state index contributed by atoms with van der Waals surface area (Å²) in [6.45, 7) is 3.97. The maximum atomic E-state index is 12.3. The van der Waals surface area contributed by atoms with Gasteiger partial charge in [0, 0.05) is 16.1 Å². The molecule has 2 rings (SSSR count). The number of nitrogens with two attached hydrogens (primary N) is 1. The van der Waals surface area contributed by atoms with Crippen LogP contribution in [-0.4, -0.2) is 5.91 Å². The normalized spacial score (nSPS) is 12.1. The van der Waals surface area contributed by atoms with Crippen LogP contribution in [-0.2, 0) is 0 Å². The van der Waals surface area contributed by atoms with Crippen molar-refractivity contribution >= 4 is 22.9 Å². The molecule has 1 aromatic heterocycles. The second-order valence-electron chi connectivity index (χ2n) is 4.52. The number of nitrogens with one attached hydrogen (secondary N) is 1. The average Bonchev–Trinajstić information content (AvgIpc) is 2.89. The molecule has 1 atom stereocenters. The van der Waals surface area contributed by atoms with E-state index in [0.29, 0.717) is 11.3 Å². The Hall–Kier alpha value is -1.81. The minimum atomic E-state index is -0.0437. The first kappa shape index (κ1) is 13.6. The quantitative estimate of drug-likeness (QED) is 0.838. The zero-order valence-corrected chi connectivity index (χ0v) is 12.0. The summed E-state index contributed by atoms with van der Waals surface area (Å²) in [4.78, 5) is 13.5. The van der Waals surface area contributed by atoms with Gasteiger partial charge in [-0.15, -0.1) is 11.3 Å². The number of nitrogen functional groups attached to an aromatic ring is 1. The van der Waals surface area contributed by atoms with E-state index in [0.717, 1.165) is 12.0 Å². The fourth-order valence-corrected chi connectivity index (χ4v) is 2.90. The number of carbonyl (C=O) groups is 1. The average molecular weight is 274 g/mol. The van der Waals surface area contributed by atoms with E-state index >= 15 is 0 Å². The lowest BCUT2D eigenvalue weighted by Gasteiger charge is -2.16. The van der Waals surface area contributed by atoms with E-state index in [9.17, 15) is 4.79 Å². The van der Waals surface area contributed by atoms with Gasteiger partial charge in [0.05, 0.1) is 6.04 Å². The van der Waals surface area contributed by atoms with Crippen molar-refractivity contribution in [3.05, 3.63) is 51.7 Å². The van der Waals surface area contributed by atoms with Crippen LogP contribution in [0, 0.1) is 6.92 Å². The first-order valence-corrected chi connectivity index (χ1v) is 7.20. The molecule has 3 nitrogen and oxygen atoms in total. The molecule has 2 aromatic rings. The lowest BCUT2D eigenvalue weighted by Crippen LogP contribution is -2.28. The van der Waals surface area contributed by atoms with Crippen LogP contribution in [0.3, 0.4) is 0 Å². The molecule has 19 heavy (non-hydrogen) atoms. The van der Waals surface area contributed by atoms with Gasteiger partial charge in [0.15, 0.2) is 0 Å². The molecule has 0 saturated carbocycles. The number of amides is 1. The topological polar surface area (TPSA) is 55.1 Å². The summed E-state index contributed by atoms with van der Waals surface area (Å²) < 4.78 is 0. The lowest BCUT2D eigenvalue weighted by atomic mass is 10.1. The highest BCUT2D eigenvalue weighted by atomic mass is 32.1. The molecule has 1 heterocycles. The Morgan fingerprint density at radius 1 is 1.42 bits per heavy atom. The number of anilines is 1. The highest BCUT2D eigenvalue weighted by molar-refractivity contribution is 7.10. The molecular formula is C15H18N2OS. The molecule has 1 unspecified atom stereocenters. The number of carbonyl (C=O) groups excluding carboxylic acids is 1. The second kappa shape index (κ2) is 5.89. The summed E-state index contributed by atoms with van der Waals surface area (Å²) in [5.41, 5.74) is 7.97. The molecule has 0 spiro atoms. The Kier molecular flexibility index (Phi) is 4.22. The molecule has 0 radical (unpaired) electrons. The van der Waals surface area contributed by atoms with E-state index in [-0.39, 0.29) is 11.9 Å². The fraction of sp³-hybridized carbons (Fsp3) is 0.267. The van der Waals surface area contributed by atoms with Crippen molar-refractivity contribution in [2.45, 2.75) is 26.3 Å². The maximum absolute atomic E-state index is 12.3. The number of thiophene rings is 1. The van der Waals surface area contributed by atoms with E-state index in [2.05, 4.69) is 18.3 Å². The van der Waals surface area contributed by atoms with Crippen molar-refractivity contribution in [3.8, 4) is 0 Å². The van der Waals surface area contributed by atoms with Gasteiger partial charge in [-0.2, -0.15) is 0 Å². The Bertz CT molecular complexity index is 564. The molecule has 4 heteroatoms. The molecule has 0 aliphatic rings. The zero-order chi connectivity index (χ0) is 13.8. The number of benzene rings is 1. The van der Waals surface area contributed by atoms with Crippen LogP contribution in [0.15, 0.2) is 35.7 Å². The first-order chi connectivity index (χ1) is 9.11. The molecule has 1 aromatic carbocycles. The Labute approximate surface area is 117 Å². The highest BCUT2D eigenvalue weighted by Gasteiger charge is 2.16. The summed E-state index contributed by atoms with van der Waals surface area (Å²) in [7, 11) is 0. The SMILES string of the molecule is CCC(NC(=O)c1ccc(N)cc1C)c1cccs1. The van der Waals surface area contributed by atoms with Crippen LogP contribution >= 0.6 is 11.3 Å². The summed E-state index contributed by atoms with van der Waals surface area (Å²) in [5.74, 6) is -0.0437. The fourth-order valence-electron chi connectivity index (χ4n) is 2.04. The minimum Gasteiger partial charge on any atom is -0.399 e. The summed E-state index contributed by atoms with van der Waals surface area (Å²) in [6.07, 6.45) is 0.875. The van der Waals surface area contributed by atoms with Crippen LogP contribution in [0.2, 0.25) is 0 Å².